The highest BCUT2D eigenvalue weighted by atomic mass is 16.5. The predicted molar refractivity (Wildman–Crippen MR) is 53.0 cm³/mol. The Morgan fingerprint density at radius 3 is 2.38 bits per heavy atom. The van der Waals surface area contributed by atoms with E-state index in [1.165, 1.54) is 7.11 Å². The zero-order chi connectivity index (χ0) is 10.5. The van der Waals surface area contributed by atoms with Crippen molar-refractivity contribution in [3.8, 4) is 11.8 Å². The van der Waals surface area contributed by atoms with E-state index in [-0.39, 0.29) is 11.4 Å². The van der Waals surface area contributed by atoms with E-state index >= 15 is 0 Å². The number of hydrogen-bond acceptors (Lipinski definition) is 2. The number of carbonyl (C=O) groups excluding carboxylic acids is 1. The molecule has 0 radical (unpaired) electrons. The summed E-state index contributed by atoms with van der Waals surface area (Å²) in [5.74, 6) is 6.27. The van der Waals surface area contributed by atoms with Crippen LogP contribution in [0.3, 0.4) is 0 Å². The van der Waals surface area contributed by atoms with Gasteiger partial charge in [-0.1, -0.05) is 25.7 Å². The summed E-state index contributed by atoms with van der Waals surface area (Å²) in [6, 6.07) is 0. The van der Waals surface area contributed by atoms with Gasteiger partial charge in [-0.2, -0.15) is 0 Å². The van der Waals surface area contributed by atoms with Gasteiger partial charge in [0.05, 0.1) is 13.5 Å². The Labute approximate surface area is 80.7 Å². The van der Waals surface area contributed by atoms with Crippen LogP contribution in [0.25, 0.3) is 0 Å². The summed E-state index contributed by atoms with van der Waals surface area (Å²) in [6.07, 6.45) is 0.350. The number of carbonyl (C=O) groups is 1. The van der Waals surface area contributed by atoms with Crippen LogP contribution in [0.4, 0.5) is 0 Å². The fraction of sp³-hybridized carbons (Fsp3) is 0.727. The number of methoxy groups -OCH3 is 1. The molecule has 0 aromatic rings. The fourth-order valence-electron chi connectivity index (χ4n) is 0.817. The van der Waals surface area contributed by atoms with Crippen molar-refractivity contribution < 1.29 is 9.53 Å². The minimum absolute atomic E-state index is 0.206. The smallest absolute Gasteiger partial charge is 0.307 e. The minimum Gasteiger partial charge on any atom is -0.469 e. The summed E-state index contributed by atoms with van der Waals surface area (Å²) in [5.41, 5.74) is -0.280. The van der Waals surface area contributed by atoms with E-state index in [2.05, 4.69) is 16.6 Å². The normalized spacial score (nSPS) is 10.6. The van der Waals surface area contributed by atoms with Crippen molar-refractivity contribution in [3.63, 3.8) is 0 Å². The zero-order valence-electron chi connectivity index (χ0n) is 9.10. The molecule has 74 valence electrons. The molecule has 0 rings (SSSR count). The maximum absolute atomic E-state index is 11.0. The van der Waals surface area contributed by atoms with E-state index in [1.54, 1.807) is 0 Å². The van der Waals surface area contributed by atoms with Crippen molar-refractivity contribution in [2.45, 2.75) is 34.1 Å². The van der Waals surface area contributed by atoms with Crippen molar-refractivity contribution in [1.82, 2.24) is 0 Å². The number of rotatable bonds is 2. The molecule has 0 heterocycles. The molecule has 0 atom stereocenters. The third kappa shape index (κ3) is 6.21. The molecule has 0 fully saturated rings. The number of hydrogen-bond donors (Lipinski definition) is 0. The second kappa shape index (κ2) is 4.91. The molecule has 0 spiro atoms. The van der Waals surface area contributed by atoms with E-state index in [0.29, 0.717) is 12.3 Å². The summed E-state index contributed by atoms with van der Waals surface area (Å²) in [5, 5.41) is 0. The van der Waals surface area contributed by atoms with E-state index in [0.717, 1.165) is 0 Å². The van der Waals surface area contributed by atoms with Crippen molar-refractivity contribution in [2.24, 2.45) is 11.3 Å². The summed E-state index contributed by atoms with van der Waals surface area (Å²) in [4.78, 5) is 11.0. The maximum Gasteiger partial charge on any atom is 0.307 e. The third-order valence-electron chi connectivity index (χ3n) is 1.51. The Kier molecular flexibility index (Phi) is 4.55. The lowest BCUT2D eigenvalue weighted by atomic mass is 9.90. The Morgan fingerprint density at radius 1 is 1.46 bits per heavy atom. The predicted octanol–water partition coefficient (Wildman–Crippen LogP) is 2.24. The Bertz CT molecular complexity index is 228. The number of ether oxygens (including phenoxy) is 1. The molecular weight excluding hydrogens is 164 g/mol. The summed E-state index contributed by atoms with van der Waals surface area (Å²) in [7, 11) is 1.40. The average molecular weight is 182 g/mol. The molecule has 0 aromatic heterocycles. The number of esters is 1. The largest absolute Gasteiger partial charge is 0.469 e. The highest BCUT2D eigenvalue weighted by Crippen LogP contribution is 2.19. The van der Waals surface area contributed by atoms with Crippen molar-refractivity contribution >= 4 is 5.97 Å². The summed E-state index contributed by atoms with van der Waals surface area (Å²) < 4.78 is 4.59. The lowest BCUT2D eigenvalue weighted by Crippen LogP contribution is -2.16. The van der Waals surface area contributed by atoms with Gasteiger partial charge >= 0.3 is 5.97 Å². The molecule has 0 aliphatic rings. The van der Waals surface area contributed by atoms with Crippen LogP contribution in [-0.4, -0.2) is 13.1 Å². The first-order chi connectivity index (χ1) is 5.87. The zero-order valence-corrected chi connectivity index (χ0v) is 9.10. The molecule has 0 saturated carbocycles. The van der Waals surface area contributed by atoms with Gasteiger partial charge < -0.3 is 4.74 Å². The van der Waals surface area contributed by atoms with Gasteiger partial charge in [0.2, 0.25) is 0 Å². The molecular formula is C11H18O2. The monoisotopic (exact) mass is 182 g/mol. The van der Waals surface area contributed by atoms with E-state index in [1.807, 2.05) is 27.7 Å². The fourth-order valence-corrected chi connectivity index (χ4v) is 0.817. The van der Waals surface area contributed by atoms with E-state index in [4.69, 9.17) is 0 Å². The Balaban J connectivity index is 4.26. The van der Waals surface area contributed by atoms with Crippen LogP contribution in [0.2, 0.25) is 0 Å². The van der Waals surface area contributed by atoms with Gasteiger partial charge in [0.1, 0.15) is 0 Å². The lowest BCUT2D eigenvalue weighted by molar-refractivity contribution is -0.142. The molecule has 0 aliphatic carbocycles. The molecule has 0 aromatic carbocycles. The molecule has 2 heteroatoms. The van der Waals surface area contributed by atoms with Gasteiger partial charge in [0.25, 0.3) is 0 Å². The van der Waals surface area contributed by atoms with Crippen LogP contribution >= 0.6 is 0 Å². The lowest BCUT2D eigenvalue weighted by Gasteiger charge is -2.15. The molecule has 0 aliphatic heterocycles. The van der Waals surface area contributed by atoms with Crippen LogP contribution in [0.1, 0.15) is 34.1 Å². The first-order valence-corrected chi connectivity index (χ1v) is 4.47. The third-order valence-corrected chi connectivity index (χ3v) is 1.51. The van der Waals surface area contributed by atoms with Crippen LogP contribution < -0.4 is 0 Å². The molecule has 0 saturated heterocycles. The van der Waals surface area contributed by atoms with Crippen LogP contribution in [0, 0.1) is 23.2 Å². The van der Waals surface area contributed by atoms with Gasteiger partial charge in [0.15, 0.2) is 0 Å². The maximum atomic E-state index is 11.0. The van der Waals surface area contributed by atoms with Crippen LogP contribution in [0.5, 0.6) is 0 Å². The van der Waals surface area contributed by atoms with Crippen LogP contribution in [-0.2, 0) is 9.53 Å². The first-order valence-electron chi connectivity index (χ1n) is 4.47. The Hall–Kier alpha value is -0.970. The second-order valence-corrected chi connectivity index (χ2v) is 4.06. The van der Waals surface area contributed by atoms with E-state index < -0.39 is 0 Å². The highest BCUT2D eigenvalue weighted by molar-refractivity contribution is 5.70. The quantitative estimate of drug-likeness (QED) is 0.483. The standard InChI is InChI=1S/C11H18O2/c1-9(2)6-7-11(3,4)8-10(12)13-5/h9H,8H2,1-5H3. The summed E-state index contributed by atoms with van der Waals surface area (Å²) in [6.45, 7) is 7.95. The molecule has 0 unspecified atom stereocenters. The van der Waals surface area contributed by atoms with Gasteiger partial charge in [-0.3, -0.25) is 4.79 Å². The minimum atomic E-state index is -0.280. The molecule has 0 amide bonds. The summed E-state index contributed by atoms with van der Waals surface area (Å²) >= 11 is 0. The SMILES string of the molecule is COC(=O)CC(C)(C)C#CC(C)C. The van der Waals surface area contributed by atoms with Crippen molar-refractivity contribution in [3.05, 3.63) is 0 Å². The molecule has 0 N–H and O–H groups in total. The molecule has 2 nitrogen and oxygen atoms in total. The first kappa shape index (κ1) is 12.0. The average Bonchev–Trinajstić information content (AvgIpc) is 2.00. The van der Waals surface area contributed by atoms with Crippen molar-refractivity contribution in [1.29, 1.82) is 0 Å². The molecule has 0 bridgehead atoms. The second-order valence-electron chi connectivity index (χ2n) is 4.06. The van der Waals surface area contributed by atoms with Gasteiger partial charge in [-0.05, 0) is 13.8 Å². The molecule has 13 heavy (non-hydrogen) atoms. The van der Waals surface area contributed by atoms with E-state index in [9.17, 15) is 4.79 Å². The van der Waals surface area contributed by atoms with Crippen molar-refractivity contribution in [2.75, 3.05) is 7.11 Å². The topological polar surface area (TPSA) is 26.3 Å². The van der Waals surface area contributed by atoms with Crippen LogP contribution in [0.15, 0.2) is 0 Å². The Morgan fingerprint density at radius 2 is 2.00 bits per heavy atom. The van der Waals surface area contributed by atoms with Gasteiger partial charge in [-0.15, -0.1) is 0 Å². The van der Waals surface area contributed by atoms with Gasteiger partial charge in [-0.25, -0.2) is 0 Å². The highest BCUT2D eigenvalue weighted by Gasteiger charge is 2.19. The van der Waals surface area contributed by atoms with Gasteiger partial charge in [0, 0.05) is 11.3 Å².